The van der Waals surface area contributed by atoms with Crippen LogP contribution in [0.4, 0.5) is 0 Å². The Morgan fingerprint density at radius 1 is 1.40 bits per heavy atom. The molecule has 0 saturated carbocycles. The molecule has 0 saturated heterocycles. The minimum atomic E-state index is 0.140. The summed E-state index contributed by atoms with van der Waals surface area (Å²) in [6, 6.07) is 6.85. The Morgan fingerprint density at radius 3 is 2.87 bits per heavy atom. The van der Waals surface area contributed by atoms with Crippen molar-refractivity contribution in [2.45, 2.75) is 6.92 Å². The van der Waals surface area contributed by atoms with Gasteiger partial charge >= 0.3 is 0 Å². The van der Waals surface area contributed by atoms with E-state index in [2.05, 4.69) is 5.16 Å². The van der Waals surface area contributed by atoms with Crippen LogP contribution >= 0.6 is 0 Å². The first kappa shape index (κ1) is 9.45. The van der Waals surface area contributed by atoms with Crippen molar-refractivity contribution in [2.75, 3.05) is 0 Å². The van der Waals surface area contributed by atoms with Crippen molar-refractivity contribution < 1.29 is 14.4 Å². The highest BCUT2D eigenvalue weighted by Crippen LogP contribution is 2.13. The van der Waals surface area contributed by atoms with Gasteiger partial charge in [-0.15, -0.1) is 0 Å². The molecule has 0 spiro atoms. The van der Waals surface area contributed by atoms with Crippen molar-refractivity contribution in [1.82, 2.24) is 0 Å². The lowest BCUT2D eigenvalue weighted by atomic mass is 10.1. The van der Waals surface area contributed by atoms with Crippen molar-refractivity contribution in [3.05, 3.63) is 40.9 Å². The van der Waals surface area contributed by atoms with Crippen LogP contribution in [0.15, 0.2) is 33.8 Å². The van der Waals surface area contributed by atoms with Crippen LogP contribution in [-0.2, 0) is 0 Å². The summed E-state index contributed by atoms with van der Waals surface area (Å²) in [7, 11) is 0. The number of carbonyl (C=O) groups is 1. The zero-order valence-corrected chi connectivity index (χ0v) is 8.10. The van der Waals surface area contributed by atoms with Crippen molar-refractivity contribution in [1.29, 1.82) is 0 Å². The first-order valence-electron chi connectivity index (χ1n) is 4.42. The average molecular weight is 203 g/mol. The maximum absolute atomic E-state index is 10.6. The number of hydrogen-bond donors (Lipinski definition) is 1. The highest BCUT2D eigenvalue weighted by atomic mass is 16.4. The molecule has 76 valence electrons. The number of aldehydes is 1. The molecule has 0 aliphatic rings. The van der Waals surface area contributed by atoms with Gasteiger partial charge in [-0.05, 0) is 24.6 Å². The minimum Gasteiger partial charge on any atom is -0.453 e. The van der Waals surface area contributed by atoms with Gasteiger partial charge in [0.1, 0.15) is 10.9 Å². The van der Waals surface area contributed by atoms with Crippen molar-refractivity contribution in [2.24, 2.45) is 5.16 Å². The van der Waals surface area contributed by atoms with Gasteiger partial charge in [0.05, 0.1) is 0 Å². The van der Waals surface area contributed by atoms with E-state index in [4.69, 9.17) is 9.62 Å². The van der Waals surface area contributed by atoms with Crippen molar-refractivity contribution >= 4 is 17.3 Å². The van der Waals surface area contributed by atoms with Crippen molar-refractivity contribution in [3.63, 3.8) is 0 Å². The molecular formula is C11H9NO3. The van der Waals surface area contributed by atoms with Gasteiger partial charge in [0.2, 0.25) is 0 Å². The van der Waals surface area contributed by atoms with E-state index >= 15 is 0 Å². The van der Waals surface area contributed by atoms with Gasteiger partial charge in [0.15, 0.2) is 12.0 Å². The topological polar surface area (TPSA) is 62.8 Å². The Hall–Kier alpha value is -2.10. The van der Waals surface area contributed by atoms with Crippen LogP contribution in [0.2, 0.25) is 0 Å². The third-order valence-corrected chi connectivity index (χ3v) is 2.14. The largest absolute Gasteiger partial charge is 0.453 e. The molecule has 0 amide bonds. The summed E-state index contributed by atoms with van der Waals surface area (Å²) in [6.07, 6.45) is 0.580. The second-order valence-electron chi connectivity index (χ2n) is 3.25. The van der Waals surface area contributed by atoms with Crippen LogP contribution in [0.1, 0.15) is 16.1 Å². The van der Waals surface area contributed by atoms with Crippen molar-refractivity contribution in [3.8, 4) is 0 Å². The van der Waals surface area contributed by atoms with E-state index in [9.17, 15) is 4.79 Å². The number of rotatable bonds is 1. The number of aryl methyl sites for hydroxylation is 1. The summed E-state index contributed by atoms with van der Waals surface area (Å²) >= 11 is 0. The molecule has 4 heteroatoms. The van der Waals surface area contributed by atoms with Crippen LogP contribution in [0, 0.1) is 6.92 Å². The first-order chi connectivity index (χ1) is 7.24. The van der Waals surface area contributed by atoms with Crippen LogP contribution < -0.4 is 5.36 Å². The number of benzene rings is 1. The standard InChI is InChI=1S/C11H9NO3/c1-7-2-3-9-10(12-14)5-8(6-13)15-11(9)4-7/h2-6,14H,1H3. The van der Waals surface area contributed by atoms with Gasteiger partial charge in [-0.25, -0.2) is 0 Å². The average Bonchev–Trinajstić information content (AvgIpc) is 2.26. The maximum atomic E-state index is 10.6. The molecule has 0 radical (unpaired) electrons. The first-order valence-corrected chi connectivity index (χ1v) is 4.42. The molecule has 0 unspecified atom stereocenters. The predicted molar refractivity (Wildman–Crippen MR) is 53.7 cm³/mol. The third-order valence-electron chi connectivity index (χ3n) is 2.14. The molecule has 2 rings (SSSR count). The zero-order valence-electron chi connectivity index (χ0n) is 8.10. The fourth-order valence-electron chi connectivity index (χ4n) is 1.44. The lowest BCUT2D eigenvalue weighted by molar-refractivity contribution is 0.110. The van der Waals surface area contributed by atoms with Crippen LogP contribution in [-0.4, -0.2) is 11.5 Å². The molecule has 0 bridgehead atoms. The quantitative estimate of drug-likeness (QED) is 0.437. The summed E-state index contributed by atoms with van der Waals surface area (Å²) in [5.74, 6) is 0.140. The smallest absolute Gasteiger partial charge is 0.185 e. The number of nitrogens with zero attached hydrogens (tertiary/aromatic N) is 1. The van der Waals surface area contributed by atoms with E-state index in [1.54, 1.807) is 12.1 Å². The maximum Gasteiger partial charge on any atom is 0.185 e. The summed E-state index contributed by atoms with van der Waals surface area (Å²) < 4.78 is 5.30. The highest BCUT2D eigenvalue weighted by molar-refractivity contribution is 5.80. The molecule has 2 aromatic rings. The molecule has 1 heterocycles. The van der Waals surface area contributed by atoms with Gasteiger partial charge in [-0.1, -0.05) is 11.2 Å². The lowest BCUT2D eigenvalue weighted by Crippen LogP contribution is -2.04. The fourth-order valence-corrected chi connectivity index (χ4v) is 1.44. The van der Waals surface area contributed by atoms with E-state index in [0.29, 0.717) is 22.6 Å². The predicted octanol–water partition coefficient (Wildman–Crippen LogP) is 1.84. The number of hydrogen-bond acceptors (Lipinski definition) is 4. The molecule has 0 aliphatic heterocycles. The SMILES string of the molecule is Cc1ccc2c(=NO)cc(C=O)oc2c1. The van der Waals surface area contributed by atoms with Gasteiger partial charge in [0.25, 0.3) is 0 Å². The highest BCUT2D eigenvalue weighted by Gasteiger charge is 2.02. The Kier molecular flexibility index (Phi) is 2.25. The van der Waals surface area contributed by atoms with Crippen LogP contribution in [0.5, 0.6) is 0 Å². The normalized spacial score (nSPS) is 11.9. The summed E-state index contributed by atoms with van der Waals surface area (Å²) in [4.78, 5) is 10.6. The van der Waals surface area contributed by atoms with E-state index in [-0.39, 0.29) is 5.76 Å². The van der Waals surface area contributed by atoms with Gasteiger partial charge in [0, 0.05) is 11.5 Å². The molecule has 0 aliphatic carbocycles. The Labute approximate surface area is 85.5 Å². The summed E-state index contributed by atoms with van der Waals surface area (Å²) in [5, 5.41) is 12.9. The summed E-state index contributed by atoms with van der Waals surface area (Å²) in [5.41, 5.74) is 1.55. The molecular weight excluding hydrogens is 194 g/mol. The van der Waals surface area contributed by atoms with E-state index in [0.717, 1.165) is 5.56 Å². The molecule has 4 nitrogen and oxygen atoms in total. The van der Waals surface area contributed by atoms with Gasteiger partial charge < -0.3 is 9.62 Å². The molecule has 1 N–H and O–H groups in total. The van der Waals surface area contributed by atoms with E-state index in [1.165, 1.54) is 6.07 Å². The Balaban J connectivity index is 2.93. The van der Waals surface area contributed by atoms with Crippen LogP contribution in [0.25, 0.3) is 11.0 Å². The number of fused-ring (bicyclic) bond motifs is 1. The molecule has 1 aromatic heterocycles. The second kappa shape index (κ2) is 3.57. The molecule has 0 fully saturated rings. The van der Waals surface area contributed by atoms with E-state index in [1.807, 2.05) is 13.0 Å². The van der Waals surface area contributed by atoms with Crippen LogP contribution in [0.3, 0.4) is 0 Å². The fraction of sp³-hybridized carbons (Fsp3) is 0.0909. The monoisotopic (exact) mass is 203 g/mol. The molecule has 1 aromatic carbocycles. The zero-order chi connectivity index (χ0) is 10.8. The third kappa shape index (κ3) is 1.61. The molecule has 15 heavy (non-hydrogen) atoms. The minimum absolute atomic E-state index is 0.140. The Bertz CT molecular complexity index is 584. The molecule has 0 atom stereocenters. The van der Waals surface area contributed by atoms with Gasteiger partial charge in [-0.3, -0.25) is 4.79 Å². The van der Waals surface area contributed by atoms with E-state index < -0.39 is 0 Å². The number of carbonyl (C=O) groups excluding carboxylic acids is 1. The van der Waals surface area contributed by atoms with Gasteiger partial charge in [-0.2, -0.15) is 0 Å². The lowest BCUT2D eigenvalue weighted by Gasteiger charge is -2.00. The Morgan fingerprint density at radius 2 is 2.20 bits per heavy atom. The second-order valence-corrected chi connectivity index (χ2v) is 3.25. The summed E-state index contributed by atoms with van der Waals surface area (Å²) in [6.45, 7) is 1.91.